The van der Waals surface area contributed by atoms with Crippen molar-refractivity contribution in [2.45, 2.75) is 38.1 Å². The van der Waals surface area contributed by atoms with Gasteiger partial charge >= 0.3 is 0 Å². The summed E-state index contributed by atoms with van der Waals surface area (Å²) in [6, 6.07) is 8.90. The van der Waals surface area contributed by atoms with Gasteiger partial charge in [0.05, 0.1) is 6.61 Å². The monoisotopic (exact) mass is 549 g/mol. The Morgan fingerprint density at radius 3 is 2.62 bits per heavy atom. The average molecular weight is 550 g/mol. The first-order chi connectivity index (χ1) is 16.1. The summed E-state index contributed by atoms with van der Waals surface area (Å²) in [5, 5.41) is 11.6. The number of benzene rings is 1. The largest absolute Gasteiger partial charge is 0.493 e. The van der Waals surface area contributed by atoms with Crippen LogP contribution in [-0.4, -0.2) is 43.3 Å². The molecule has 1 saturated carbocycles. The molecule has 180 valence electrons. The quantitative estimate of drug-likeness (QED) is 0.427. The standard InChI is InChI=1S/C22H24BrN5O5S/c1-13-21(14(2)33-26-13)34(30,31)27-22(29)18-7-9-20(25-24-18)28(3)11-16-10-17(23)6-8-19(16)32-12-15-4-5-15/h6-10,15H,4-5,11-12H2,1-3H3,(H,27,29). The van der Waals surface area contributed by atoms with Gasteiger partial charge in [-0.3, -0.25) is 4.79 Å². The average Bonchev–Trinajstić information content (AvgIpc) is 3.55. The third kappa shape index (κ3) is 5.55. The SMILES string of the molecule is Cc1noc(C)c1S(=O)(=O)NC(=O)c1ccc(N(C)Cc2cc(Br)ccc2OCC2CC2)nn1. The summed E-state index contributed by atoms with van der Waals surface area (Å²) in [6.07, 6.45) is 2.42. The predicted molar refractivity (Wildman–Crippen MR) is 127 cm³/mol. The Morgan fingerprint density at radius 1 is 1.24 bits per heavy atom. The number of aromatic nitrogens is 3. The fourth-order valence-corrected chi connectivity index (χ4v) is 5.08. The second-order valence-corrected chi connectivity index (χ2v) is 10.8. The summed E-state index contributed by atoms with van der Waals surface area (Å²) >= 11 is 3.50. The number of hydrogen-bond donors (Lipinski definition) is 1. The van der Waals surface area contributed by atoms with E-state index in [2.05, 4.69) is 31.3 Å². The highest BCUT2D eigenvalue weighted by Gasteiger charge is 2.27. The first kappa shape index (κ1) is 24.1. The molecule has 3 aromatic rings. The highest BCUT2D eigenvalue weighted by atomic mass is 79.9. The maximum atomic E-state index is 12.6. The Bertz CT molecular complexity index is 1290. The van der Waals surface area contributed by atoms with Crippen molar-refractivity contribution < 1.29 is 22.5 Å². The van der Waals surface area contributed by atoms with E-state index in [1.54, 1.807) is 6.07 Å². The molecule has 0 bridgehead atoms. The second-order valence-electron chi connectivity index (χ2n) is 8.23. The molecule has 0 saturated heterocycles. The lowest BCUT2D eigenvalue weighted by Gasteiger charge is -2.20. The zero-order valence-corrected chi connectivity index (χ0v) is 21.3. The fourth-order valence-electron chi connectivity index (χ4n) is 3.37. The van der Waals surface area contributed by atoms with E-state index in [1.165, 1.54) is 32.8 Å². The fraction of sp³-hybridized carbons (Fsp3) is 0.364. The van der Waals surface area contributed by atoms with Crippen LogP contribution in [0.3, 0.4) is 0 Å². The van der Waals surface area contributed by atoms with Crippen LogP contribution < -0.4 is 14.4 Å². The summed E-state index contributed by atoms with van der Waals surface area (Å²) < 4.78 is 38.9. The molecule has 1 fully saturated rings. The molecule has 1 N–H and O–H groups in total. The number of hydrogen-bond acceptors (Lipinski definition) is 9. The summed E-state index contributed by atoms with van der Waals surface area (Å²) in [4.78, 5) is 14.2. The minimum Gasteiger partial charge on any atom is -0.493 e. The van der Waals surface area contributed by atoms with Crippen LogP contribution in [0, 0.1) is 19.8 Å². The van der Waals surface area contributed by atoms with Crippen molar-refractivity contribution >= 4 is 37.7 Å². The lowest BCUT2D eigenvalue weighted by Crippen LogP contribution is -2.32. The number of amides is 1. The van der Waals surface area contributed by atoms with E-state index < -0.39 is 15.9 Å². The van der Waals surface area contributed by atoms with E-state index in [4.69, 9.17) is 9.26 Å². The highest BCUT2D eigenvalue weighted by molar-refractivity contribution is 9.10. The van der Waals surface area contributed by atoms with Crippen LogP contribution in [0.25, 0.3) is 0 Å². The Morgan fingerprint density at radius 2 is 2.00 bits per heavy atom. The maximum absolute atomic E-state index is 12.6. The molecule has 0 atom stereocenters. The van der Waals surface area contributed by atoms with E-state index in [1.807, 2.05) is 34.9 Å². The topological polar surface area (TPSA) is 128 Å². The predicted octanol–water partition coefficient (Wildman–Crippen LogP) is 3.39. The molecule has 12 heteroatoms. The number of anilines is 1. The Kier molecular flexibility index (Phi) is 6.89. The minimum atomic E-state index is -4.16. The van der Waals surface area contributed by atoms with Gasteiger partial charge in [0.25, 0.3) is 15.9 Å². The van der Waals surface area contributed by atoms with Crippen LogP contribution in [0.1, 0.15) is 40.3 Å². The Balaban J connectivity index is 1.44. The van der Waals surface area contributed by atoms with Gasteiger partial charge in [-0.15, -0.1) is 10.2 Å². The number of nitrogens with zero attached hydrogens (tertiary/aromatic N) is 4. The van der Waals surface area contributed by atoms with Crippen LogP contribution in [0.5, 0.6) is 5.75 Å². The van der Waals surface area contributed by atoms with E-state index >= 15 is 0 Å². The zero-order chi connectivity index (χ0) is 24.5. The zero-order valence-electron chi connectivity index (χ0n) is 18.9. The smallest absolute Gasteiger partial charge is 0.285 e. The maximum Gasteiger partial charge on any atom is 0.285 e. The van der Waals surface area contributed by atoms with Crippen molar-refractivity contribution in [1.29, 1.82) is 0 Å². The third-order valence-electron chi connectivity index (χ3n) is 5.34. The van der Waals surface area contributed by atoms with Crippen LogP contribution in [0.15, 0.2) is 44.2 Å². The Hall–Kier alpha value is -2.99. The van der Waals surface area contributed by atoms with E-state index in [0.29, 0.717) is 24.9 Å². The number of sulfonamides is 1. The van der Waals surface area contributed by atoms with Crippen molar-refractivity contribution in [3.05, 3.63) is 57.5 Å². The van der Waals surface area contributed by atoms with Gasteiger partial charge in [0.2, 0.25) is 0 Å². The second kappa shape index (κ2) is 9.71. The van der Waals surface area contributed by atoms with Gasteiger partial charge in [0.1, 0.15) is 11.4 Å². The number of nitrogens with one attached hydrogen (secondary N) is 1. The molecular formula is C22H24BrN5O5S. The van der Waals surface area contributed by atoms with Gasteiger partial charge < -0.3 is 14.2 Å². The molecule has 0 radical (unpaired) electrons. The van der Waals surface area contributed by atoms with Crippen molar-refractivity contribution in [2.75, 3.05) is 18.6 Å². The molecule has 34 heavy (non-hydrogen) atoms. The molecule has 10 nitrogen and oxygen atoms in total. The molecular weight excluding hydrogens is 526 g/mol. The molecule has 1 aliphatic rings. The summed E-state index contributed by atoms with van der Waals surface area (Å²) in [7, 11) is -2.32. The van der Waals surface area contributed by atoms with Gasteiger partial charge in [0, 0.05) is 23.6 Å². The number of halogens is 1. The minimum absolute atomic E-state index is 0.0916. The van der Waals surface area contributed by atoms with Crippen LogP contribution in [0.2, 0.25) is 0 Å². The van der Waals surface area contributed by atoms with Crippen LogP contribution in [-0.2, 0) is 16.6 Å². The number of ether oxygens (including phenoxy) is 1. The van der Waals surface area contributed by atoms with Crippen molar-refractivity contribution in [2.24, 2.45) is 5.92 Å². The van der Waals surface area contributed by atoms with E-state index in [-0.39, 0.29) is 22.0 Å². The summed E-state index contributed by atoms with van der Waals surface area (Å²) in [5.41, 5.74) is 1.00. The lowest BCUT2D eigenvalue weighted by atomic mass is 10.2. The van der Waals surface area contributed by atoms with Gasteiger partial charge in [-0.05, 0) is 62.9 Å². The summed E-state index contributed by atoms with van der Waals surface area (Å²) in [5.74, 6) is 1.16. The van der Waals surface area contributed by atoms with Crippen LogP contribution in [0.4, 0.5) is 5.82 Å². The molecule has 1 aliphatic carbocycles. The number of aryl methyl sites for hydroxylation is 2. The third-order valence-corrected chi connectivity index (χ3v) is 7.41. The first-order valence-electron chi connectivity index (χ1n) is 10.6. The number of carbonyl (C=O) groups excluding carboxylic acids is 1. The molecule has 4 rings (SSSR count). The van der Waals surface area contributed by atoms with Gasteiger partial charge in [0.15, 0.2) is 22.2 Å². The first-order valence-corrected chi connectivity index (χ1v) is 12.9. The number of rotatable bonds is 9. The van der Waals surface area contributed by atoms with Gasteiger partial charge in [-0.1, -0.05) is 21.1 Å². The lowest BCUT2D eigenvalue weighted by molar-refractivity contribution is 0.0975. The molecule has 1 aromatic carbocycles. The van der Waals surface area contributed by atoms with E-state index in [9.17, 15) is 13.2 Å². The number of carbonyl (C=O) groups is 1. The normalized spacial score (nSPS) is 13.5. The molecule has 0 spiro atoms. The van der Waals surface area contributed by atoms with E-state index in [0.717, 1.165) is 15.8 Å². The summed E-state index contributed by atoms with van der Waals surface area (Å²) in [6.45, 7) is 4.14. The molecule has 0 unspecified atom stereocenters. The van der Waals surface area contributed by atoms with Crippen LogP contribution >= 0.6 is 15.9 Å². The highest BCUT2D eigenvalue weighted by Crippen LogP contribution is 2.31. The molecule has 2 heterocycles. The van der Waals surface area contributed by atoms with Gasteiger partial charge in [-0.25, -0.2) is 13.1 Å². The molecule has 0 aliphatic heterocycles. The van der Waals surface area contributed by atoms with Crippen molar-refractivity contribution in [1.82, 2.24) is 20.1 Å². The van der Waals surface area contributed by atoms with Crippen molar-refractivity contribution in [3.63, 3.8) is 0 Å². The molecule has 1 amide bonds. The Labute approximate surface area is 205 Å². The van der Waals surface area contributed by atoms with Crippen molar-refractivity contribution in [3.8, 4) is 5.75 Å². The van der Waals surface area contributed by atoms with Gasteiger partial charge in [-0.2, -0.15) is 0 Å². The molecule has 2 aromatic heterocycles.